The third kappa shape index (κ3) is 3.19. The summed E-state index contributed by atoms with van der Waals surface area (Å²) in [7, 11) is 0. The van der Waals surface area contributed by atoms with Crippen molar-refractivity contribution >= 4 is 17.3 Å². The number of benzene rings is 1. The molecule has 1 fully saturated rings. The van der Waals surface area contributed by atoms with Crippen LogP contribution >= 0.6 is 0 Å². The largest absolute Gasteiger partial charge is 0.418 e. The molecule has 3 heterocycles. The van der Waals surface area contributed by atoms with Gasteiger partial charge in [-0.15, -0.1) is 0 Å². The Morgan fingerprint density at radius 1 is 1.07 bits per heavy atom. The van der Waals surface area contributed by atoms with E-state index in [0.29, 0.717) is 32.0 Å². The lowest BCUT2D eigenvalue weighted by molar-refractivity contribution is -0.137. The van der Waals surface area contributed by atoms with Gasteiger partial charge in [-0.1, -0.05) is 0 Å². The normalized spacial score (nSPS) is 15.1. The number of rotatable bonds is 2. The van der Waals surface area contributed by atoms with E-state index in [1.165, 1.54) is 18.5 Å². The van der Waals surface area contributed by atoms with Crippen LogP contribution in [0.3, 0.4) is 0 Å². The van der Waals surface area contributed by atoms with Crippen LogP contribution in [0.25, 0.3) is 5.78 Å². The zero-order valence-electron chi connectivity index (χ0n) is 15.0. The van der Waals surface area contributed by atoms with E-state index in [0.717, 1.165) is 17.6 Å². The van der Waals surface area contributed by atoms with Crippen molar-refractivity contribution in [1.29, 1.82) is 5.26 Å². The molecule has 0 saturated carbocycles. The molecule has 4 rings (SSSR count). The van der Waals surface area contributed by atoms with Crippen LogP contribution in [-0.2, 0) is 6.18 Å². The summed E-state index contributed by atoms with van der Waals surface area (Å²) in [6, 6.07) is 7.37. The van der Waals surface area contributed by atoms with Crippen molar-refractivity contribution < 1.29 is 13.2 Å². The van der Waals surface area contributed by atoms with Gasteiger partial charge in [0.1, 0.15) is 12.1 Å². The molecule has 3 aromatic rings. The van der Waals surface area contributed by atoms with E-state index < -0.39 is 11.7 Å². The predicted octanol–water partition coefficient (Wildman–Crippen LogP) is 2.65. The highest BCUT2D eigenvalue weighted by atomic mass is 19.4. The molecule has 2 aromatic heterocycles. The molecule has 28 heavy (non-hydrogen) atoms. The maximum Gasteiger partial charge on any atom is 0.418 e. The number of hydrogen-bond acceptors (Lipinski definition) is 6. The minimum atomic E-state index is -4.52. The topological polar surface area (TPSA) is 73.3 Å². The molecule has 0 spiro atoms. The summed E-state index contributed by atoms with van der Waals surface area (Å²) in [5, 5.41) is 13.1. The molecule has 1 aliphatic heterocycles. The highest BCUT2D eigenvalue weighted by molar-refractivity contribution is 5.59. The Balaban J connectivity index is 1.60. The summed E-state index contributed by atoms with van der Waals surface area (Å²) in [6.45, 7) is 3.73. The maximum atomic E-state index is 13.5. The number of aromatic nitrogens is 4. The molecule has 0 atom stereocenters. The number of anilines is 2. The average Bonchev–Trinajstić information content (AvgIpc) is 3.14. The molecule has 0 radical (unpaired) electrons. The third-order valence-corrected chi connectivity index (χ3v) is 4.74. The molecule has 7 nitrogen and oxygen atoms in total. The summed E-state index contributed by atoms with van der Waals surface area (Å²) in [5.74, 6) is 1.31. The van der Waals surface area contributed by atoms with Crippen LogP contribution in [0.5, 0.6) is 0 Å². The van der Waals surface area contributed by atoms with Gasteiger partial charge in [0, 0.05) is 43.6 Å². The van der Waals surface area contributed by atoms with Crippen molar-refractivity contribution in [3.05, 3.63) is 47.4 Å². The van der Waals surface area contributed by atoms with E-state index >= 15 is 0 Å². The van der Waals surface area contributed by atoms with Crippen LogP contribution in [0.1, 0.15) is 16.8 Å². The van der Waals surface area contributed by atoms with Crippen molar-refractivity contribution in [3.8, 4) is 6.07 Å². The molecule has 0 unspecified atom stereocenters. The first kappa shape index (κ1) is 18.0. The fourth-order valence-corrected chi connectivity index (χ4v) is 3.42. The number of piperazine rings is 1. The van der Waals surface area contributed by atoms with Crippen molar-refractivity contribution in [2.75, 3.05) is 36.0 Å². The summed E-state index contributed by atoms with van der Waals surface area (Å²) < 4.78 is 42.0. The maximum absolute atomic E-state index is 13.5. The standard InChI is InChI=1S/C18H16F3N7/c1-12-8-16(28-17(25-12)23-11-24-28)27-6-4-26(5-7-27)15-3-2-13(10-22)9-14(15)18(19,20)21/h2-3,8-9,11H,4-7H2,1H3. The van der Waals surface area contributed by atoms with E-state index in [-0.39, 0.29) is 11.3 Å². The molecule has 1 aromatic carbocycles. The zero-order valence-corrected chi connectivity index (χ0v) is 15.0. The quantitative estimate of drug-likeness (QED) is 0.673. The van der Waals surface area contributed by atoms with Crippen molar-refractivity contribution in [1.82, 2.24) is 19.6 Å². The third-order valence-electron chi connectivity index (χ3n) is 4.74. The molecule has 1 saturated heterocycles. The Hall–Kier alpha value is -3.35. The Morgan fingerprint density at radius 3 is 2.46 bits per heavy atom. The first-order valence-corrected chi connectivity index (χ1v) is 8.65. The van der Waals surface area contributed by atoms with Gasteiger partial charge < -0.3 is 9.80 Å². The van der Waals surface area contributed by atoms with Gasteiger partial charge in [-0.25, -0.2) is 4.98 Å². The molecule has 0 bridgehead atoms. The highest BCUT2D eigenvalue weighted by Gasteiger charge is 2.36. The predicted molar refractivity (Wildman–Crippen MR) is 96.1 cm³/mol. The summed E-state index contributed by atoms with van der Waals surface area (Å²) >= 11 is 0. The van der Waals surface area contributed by atoms with Crippen LogP contribution in [0, 0.1) is 18.3 Å². The average molecular weight is 387 g/mol. The lowest BCUT2D eigenvalue weighted by atomic mass is 10.1. The second kappa shape index (κ2) is 6.67. The monoisotopic (exact) mass is 387 g/mol. The van der Waals surface area contributed by atoms with Crippen LogP contribution < -0.4 is 9.80 Å². The molecule has 10 heteroatoms. The van der Waals surface area contributed by atoms with E-state index in [1.54, 1.807) is 15.5 Å². The zero-order chi connectivity index (χ0) is 19.9. The Bertz CT molecular complexity index is 1060. The number of fused-ring (bicyclic) bond motifs is 1. The lowest BCUT2D eigenvalue weighted by Crippen LogP contribution is -2.47. The number of halogens is 3. The van der Waals surface area contributed by atoms with E-state index in [4.69, 9.17) is 5.26 Å². The molecule has 0 aliphatic carbocycles. The fraction of sp³-hybridized carbons (Fsp3) is 0.333. The van der Waals surface area contributed by atoms with Crippen molar-refractivity contribution in [3.63, 3.8) is 0 Å². The summed E-state index contributed by atoms with van der Waals surface area (Å²) in [4.78, 5) is 12.2. The van der Waals surface area contributed by atoms with Gasteiger partial charge in [0.25, 0.3) is 5.78 Å². The van der Waals surface area contributed by atoms with E-state index in [9.17, 15) is 13.2 Å². The molecule has 1 aliphatic rings. The number of nitriles is 1. The van der Waals surface area contributed by atoms with Gasteiger partial charge in [0.15, 0.2) is 0 Å². The number of aryl methyl sites for hydroxylation is 1. The van der Waals surface area contributed by atoms with Gasteiger partial charge in [-0.3, -0.25) is 0 Å². The van der Waals surface area contributed by atoms with Gasteiger partial charge in [-0.05, 0) is 25.1 Å². The fourth-order valence-electron chi connectivity index (χ4n) is 3.42. The minimum Gasteiger partial charge on any atom is -0.367 e. The van der Waals surface area contributed by atoms with Gasteiger partial charge >= 0.3 is 6.18 Å². The number of alkyl halides is 3. The minimum absolute atomic E-state index is 0.00412. The first-order chi connectivity index (χ1) is 13.4. The molecular weight excluding hydrogens is 371 g/mol. The summed E-state index contributed by atoms with van der Waals surface area (Å²) in [5.41, 5.74) is 0.112. The Kier molecular flexibility index (Phi) is 4.30. The lowest BCUT2D eigenvalue weighted by Gasteiger charge is -2.38. The first-order valence-electron chi connectivity index (χ1n) is 8.65. The molecule has 0 N–H and O–H groups in total. The molecule has 144 valence electrons. The highest BCUT2D eigenvalue weighted by Crippen LogP contribution is 2.37. The second-order valence-electron chi connectivity index (χ2n) is 6.54. The van der Waals surface area contributed by atoms with E-state index in [1.807, 2.05) is 13.0 Å². The van der Waals surface area contributed by atoms with Crippen LogP contribution in [0.4, 0.5) is 24.7 Å². The molecular formula is C18H16F3N7. The number of hydrogen-bond donors (Lipinski definition) is 0. The smallest absolute Gasteiger partial charge is 0.367 e. The van der Waals surface area contributed by atoms with E-state index in [2.05, 4.69) is 20.0 Å². The molecule has 0 amide bonds. The van der Waals surface area contributed by atoms with Crippen LogP contribution in [0.15, 0.2) is 30.6 Å². The second-order valence-corrected chi connectivity index (χ2v) is 6.54. The Morgan fingerprint density at radius 2 is 1.79 bits per heavy atom. The van der Waals surface area contributed by atoms with Gasteiger partial charge in [0.05, 0.1) is 17.2 Å². The van der Waals surface area contributed by atoms with Crippen LogP contribution in [0.2, 0.25) is 0 Å². The Labute approximate surface area is 158 Å². The summed E-state index contributed by atoms with van der Waals surface area (Å²) in [6.07, 6.45) is -3.09. The van der Waals surface area contributed by atoms with Gasteiger partial charge in [0.2, 0.25) is 0 Å². The van der Waals surface area contributed by atoms with Gasteiger partial charge in [-0.2, -0.15) is 33.0 Å². The SMILES string of the molecule is Cc1cc(N2CCN(c3ccc(C#N)cc3C(F)(F)F)CC2)n2ncnc2n1. The van der Waals surface area contributed by atoms with Crippen molar-refractivity contribution in [2.24, 2.45) is 0 Å². The number of nitrogens with zero attached hydrogens (tertiary/aromatic N) is 7. The van der Waals surface area contributed by atoms with Crippen molar-refractivity contribution in [2.45, 2.75) is 13.1 Å². The van der Waals surface area contributed by atoms with Crippen LogP contribution in [-0.4, -0.2) is 45.8 Å².